The first kappa shape index (κ1) is 24.6. The van der Waals surface area contributed by atoms with E-state index in [1.807, 2.05) is 12.1 Å². The first-order valence-corrected chi connectivity index (χ1v) is 11.7. The molecule has 1 fully saturated rings. The van der Waals surface area contributed by atoms with Gasteiger partial charge in [-0.3, -0.25) is 9.59 Å². The smallest absolute Gasteiger partial charge is 0.257 e. The van der Waals surface area contributed by atoms with Gasteiger partial charge >= 0.3 is 0 Å². The summed E-state index contributed by atoms with van der Waals surface area (Å²) in [7, 11) is 1.80. The standard InChI is InChI=1S/C24H18Cl4FN3O2/c1-30-13-3-5-14(6-4-13)31-22(33)16-11-15(7-8-17(16)25)32-23(34)21-20(24(21,27)28)12-2-9-19(29)18(26)10-12/h2-11,20-21,30H,1H3,(H,31,33)(H,32,34). The van der Waals surface area contributed by atoms with Gasteiger partial charge in [-0.2, -0.15) is 0 Å². The van der Waals surface area contributed by atoms with Gasteiger partial charge in [-0.05, 0) is 60.2 Å². The van der Waals surface area contributed by atoms with Gasteiger partial charge in [0, 0.05) is 30.0 Å². The summed E-state index contributed by atoms with van der Waals surface area (Å²) < 4.78 is 12.1. The molecule has 3 aromatic rings. The number of benzene rings is 3. The Kier molecular flexibility index (Phi) is 6.97. The molecule has 4 rings (SSSR count). The number of nitrogens with one attached hydrogen (secondary N) is 3. The Bertz CT molecular complexity index is 1270. The number of carbonyl (C=O) groups excluding carboxylic acids is 2. The third-order valence-electron chi connectivity index (χ3n) is 5.55. The van der Waals surface area contributed by atoms with Crippen molar-refractivity contribution in [1.82, 2.24) is 0 Å². The number of halogens is 5. The molecule has 1 saturated carbocycles. The van der Waals surface area contributed by atoms with Crippen LogP contribution in [0.5, 0.6) is 0 Å². The van der Waals surface area contributed by atoms with Crippen LogP contribution >= 0.6 is 46.4 Å². The van der Waals surface area contributed by atoms with Crippen molar-refractivity contribution in [3.63, 3.8) is 0 Å². The van der Waals surface area contributed by atoms with Crippen molar-refractivity contribution in [2.45, 2.75) is 10.3 Å². The van der Waals surface area contributed by atoms with Crippen molar-refractivity contribution in [2.75, 3.05) is 23.0 Å². The molecular weight excluding hydrogens is 523 g/mol. The fourth-order valence-corrected chi connectivity index (χ4v) is 4.91. The van der Waals surface area contributed by atoms with Crippen LogP contribution in [0.15, 0.2) is 60.7 Å². The van der Waals surface area contributed by atoms with Gasteiger partial charge in [0.05, 0.1) is 21.5 Å². The van der Waals surface area contributed by atoms with E-state index >= 15 is 0 Å². The first-order valence-electron chi connectivity index (χ1n) is 10.1. The van der Waals surface area contributed by atoms with E-state index in [1.54, 1.807) is 25.2 Å². The molecule has 0 spiro atoms. The average molecular weight is 541 g/mol. The lowest BCUT2D eigenvalue weighted by Crippen LogP contribution is -2.18. The SMILES string of the molecule is CNc1ccc(NC(=O)c2cc(NC(=O)C3C(c4ccc(F)c(Cl)c4)C3(Cl)Cl)ccc2Cl)cc1. The minimum Gasteiger partial charge on any atom is -0.388 e. The lowest BCUT2D eigenvalue weighted by Gasteiger charge is -2.11. The van der Waals surface area contributed by atoms with E-state index in [0.29, 0.717) is 16.9 Å². The van der Waals surface area contributed by atoms with Crippen LogP contribution in [0.2, 0.25) is 10.0 Å². The second kappa shape index (κ2) is 9.62. The zero-order chi connectivity index (χ0) is 24.6. The van der Waals surface area contributed by atoms with Gasteiger partial charge in [-0.1, -0.05) is 29.3 Å². The van der Waals surface area contributed by atoms with Crippen molar-refractivity contribution >= 4 is 75.3 Å². The molecule has 0 saturated heterocycles. The highest BCUT2D eigenvalue weighted by Gasteiger charge is 2.67. The summed E-state index contributed by atoms with van der Waals surface area (Å²) in [4.78, 5) is 25.7. The van der Waals surface area contributed by atoms with Crippen LogP contribution in [0.1, 0.15) is 21.8 Å². The highest BCUT2D eigenvalue weighted by Crippen LogP contribution is 2.65. The maximum absolute atomic E-state index is 13.5. The lowest BCUT2D eigenvalue weighted by molar-refractivity contribution is -0.117. The number of alkyl halides is 2. The van der Waals surface area contributed by atoms with E-state index in [0.717, 1.165) is 5.69 Å². The van der Waals surface area contributed by atoms with E-state index in [4.69, 9.17) is 46.4 Å². The van der Waals surface area contributed by atoms with Gasteiger partial charge in [0.1, 0.15) is 10.2 Å². The number of carbonyl (C=O) groups is 2. The molecule has 1 aliphatic rings. The van der Waals surface area contributed by atoms with Crippen LogP contribution in [0.3, 0.4) is 0 Å². The third-order valence-corrected chi connectivity index (χ3v) is 7.11. The second-order valence-electron chi connectivity index (χ2n) is 7.77. The Morgan fingerprint density at radius 2 is 1.50 bits per heavy atom. The molecule has 0 radical (unpaired) electrons. The van der Waals surface area contributed by atoms with Crippen LogP contribution in [0, 0.1) is 11.7 Å². The fraction of sp³-hybridized carbons (Fsp3) is 0.167. The van der Waals surface area contributed by atoms with Crippen molar-refractivity contribution in [3.05, 3.63) is 87.7 Å². The number of hydrogen-bond acceptors (Lipinski definition) is 3. The maximum Gasteiger partial charge on any atom is 0.257 e. The number of hydrogen-bond donors (Lipinski definition) is 3. The molecule has 3 aromatic carbocycles. The number of amides is 2. The van der Waals surface area contributed by atoms with E-state index in [9.17, 15) is 14.0 Å². The topological polar surface area (TPSA) is 70.2 Å². The number of rotatable bonds is 6. The Morgan fingerprint density at radius 3 is 2.15 bits per heavy atom. The fourth-order valence-electron chi connectivity index (χ4n) is 3.69. The normalized spacial score (nSPS) is 18.2. The molecule has 0 aliphatic heterocycles. The second-order valence-corrected chi connectivity index (χ2v) is 10.0. The Balaban J connectivity index is 1.48. The molecule has 10 heteroatoms. The Hall–Kier alpha value is -2.51. The monoisotopic (exact) mass is 539 g/mol. The highest BCUT2D eigenvalue weighted by molar-refractivity contribution is 6.53. The van der Waals surface area contributed by atoms with Crippen LogP contribution in [0.4, 0.5) is 21.5 Å². The summed E-state index contributed by atoms with van der Waals surface area (Å²) in [5.41, 5.74) is 2.56. The molecule has 34 heavy (non-hydrogen) atoms. The molecule has 3 N–H and O–H groups in total. The lowest BCUT2D eigenvalue weighted by atomic mass is 10.1. The van der Waals surface area contributed by atoms with E-state index in [2.05, 4.69) is 16.0 Å². The minimum absolute atomic E-state index is 0.0818. The molecule has 0 heterocycles. The quantitative estimate of drug-likeness (QED) is 0.296. The van der Waals surface area contributed by atoms with Crippen molar-refractivity contribution in [1.29, 1.82) is 0 Å². The molecule has 2 unspecified atom stereocenters. The zero-order valence-corrected chi connectivity index (χ0v) is 20.7. The predicted molar refractivity (Wildman–Crippen MR) is 136 cm³/mol. The molecule has 176 valence electrons. The summed E-state index contributed by atoms with van der Waals surface area (Å²) in [5, 5.41) is 8.63. The van der Waals surface area contributed by atoms with Crippen molar-refractivity contribution < 1.29 is 14.0 Å². The van der Waals surface area contributed by atoms with Gasteiger partial charge in [0.2, 0.25) is 5.91 Å². The highest BCUT2D eigenvalue weighted by atomic mass is 35.5. The van der Waals surface area contributed by atoms with Gasteiger partial charge in [0.25, 0.3) is 5.91 Å². The summed E-state index contributed by atoms with van der Waals surface area (Å²) in [6.07, 6.45) is 0. The van der Waals surface area contributed by atoms with Crippen molar-refractivity contribution in [2.24, 2.45) is 5.92 Å². The summed E-state index contributed by atoms with van der Waals surface area (Å²) >= 11 is 24.8. The van der Waals surface area contributed by atoms with Crippen LogP contribution in [-0.2, 0) is 4.79 Å². The molecule has 2 amide bonds. The summed E-state index contributed by atoms with van der Waals surface area (Å²) in [6.45, 7) is 0. The van der Waals surface area contributed by atoms with Crippen LogP contribution < -0.4 is 16.0 Å². The maximum atomic E-state index is 13.5. The minimum atomic E-state index is -1.38. The van der Waals surface area contributed by atoms with Gasteiger partial charge in [-0.15, -0.1) is 23.2 Å². The largest absolute Gasteiger partial charge is 0.388 e. The molecule has 0 bridgehead atoms. The molecule has 5 nitrogen and oxygen atoms in total. The molecular formula is C24H18Cl4FN3O2. The van der Waals surface area contributed by atoms with E-state index in [1.165, 1.54) is 30.3 Å². The summed E-state index contributed by atoms with van der Waals surface area (Å²) in [5.74, 6) is -2.83. The van der Waals surface area contributed by atoms with Gasteiger partial charge in [0.15, 0.2) is 0 Å². The molecule has 2 atom stereocenters. The van der Waals surface area contributed by atoms with Crippen molar-refractivity contribution in [3.8, 4) is 0 Å². The average Bonchev–Trinajstić information content (AvgIpc) is 3.39. The zero-order valence-electron chi connectivity index (χ0n) is 17.6. The third kappa shape index (κ3) is 4.96. The molecule has 0 aromatic heterocycles. The Morgan fingerprint density at radius 1 is 0.853 bits per heavy atom. The van der Waals surface area contributed by atoms with Crippen LogP contribution in [-0.4, -0.2) is 23.2 Å². The Labute approximate surface area is 215 Å². The molecule has 1 aliphatic carbocycles. The van der Waals surface area contributed by atoms with Gasteiger partial charge < -0.3 is 16.0 Å². The van der Waals surface area contributed by atoms with Gasteiger partial charge in [-0.25, -0.2) is 4.39 Å². The summed E-state index contributed by atoms with van der Waals surface area (Å²) in [6, 6.07) is 15.8. The van der Waals surface area contributed by atoms with Crippen LogP contribution in [0.25, 0.3) is 0 Å². The number of anilines is 3. The van der Waals surface area contributed by atoms with E-state index < -0.39 is 33.8 Å². The van der Waals surface area contributed by atoms with E-state index in [-0.39, 0.29) is 15.6 Å². The predicted octanol–water partition coefficient (Wildman–Crippen LogP) is 6.95. The first-order chi connectivity index (χ1) is 16.1.